The van der Waals surface area contributed by atoms with Gasteiger partial charge in [-0.25, -0.2) is 0 Å². The molecule has 5 aromatic carbocycles. The topological polar surface area (TPSA) is 3.24 Å². The van der Waals surface area contributed by atoms with Crippen molar-refractivity contribution in [2.24, 2.45) is 0 Å². The molecule has 0 aromatic heterocycles. The summed E-state index contributed by atoms with van der Waals surface area (Å²) in [6, 6.07) is 41.3. The van der Waals surface area contributed by atoms with Gasteiger partial charge in [-0.05, 0) is 84.8 Å². The minimum absolute atomic E-state index is 0.968. The first-order valence-electron chi connectivity index (χ1n) is 15.4. The molecule has 0 atom stereocenters. The van der Waals surface area contributed by atoms with E-state index in [1.165, 1.54) is 50.2 Å². The number of para-hydroxylation sites is 1. The standard InChI is InChI=1S/C43H41N/c1-5-40-22-12-15-35(4)43(40)44(41-27-23-36(24-28-41)16-6-8-18-38-20-10-13-33(2)31-38)42-29-25-37(26-30-42)17-7-9-19-39-21-11-14-34(3)32-39/h6-32H,5H2,1-4H3/b16-6+,17-7+,18-8+,19-9+. The van der Waals surface area contributed by atoms with Crippen molar-refractivity contribution in [2.75, 3.05) is 4.90 Å². The maximum atomic E-state index is 2.39. The highest BCUT2D eigenvalue weighted by atomic mass is 15.1. The predicted octanol–water partition coefficient (Wildman–Crippen LogP) is 12.1. The molecule has 0 saturated heterocycles. The summed E-state index contributed by atoms with van der Waals surface area (Å²) in [5.74, 6) is 0. The molecule has 0 N–H and O–H groups in total. The van der Waals surface area contributed by atoms with Gasteiger partial charge in [-0.2, -0.15) is 0 Å². The Hall–Kier alpha value is -5.14. The molecular formula is C43H41N. The van der Waals surface area contributed by atoms with Gasteiger partial charge >= 0.3 is 0 Å². The maximum Gasteiger partial charge on any atom is 0.0522 e. The molecule has 0 spiro atoms. The quantitative estimate of drug-likeness (QED) is 0.151. The number of nitrogens with zero attached hydrogens (tertiary/aromatic N) is 1. The van der Waals surface area contributed by atoms with E-state index in [0.29, 0.717) is 0 Å². The van der Waals surface area contributed by atoms with Gasteiger partial charge in [0.15, 0.2) is 0 Å². The van der Waals surface area contributed by atoms with E-state index >= 15 is 0 Å². The van der Waals surface area contributed by atoms with Gasteiger partial charge in [0, 0.05) is 11.4 Å². The van der Waals surface area contributed by atoms with Crippen LogP contribution < -0.4 is 4.90 Å². The van der Waals surface area contributed by atoms with E-state index in [1.807, 2.05) is 0 Å². The molecule has 1 nitrogen and oxygen atoms in total. The van der Waals surface area contributed by atoms with Crippen LogP contribution in [-0.2, 0) is 6.42 Å². The second-order valence-electron chi connectivity index (χ2n) is 11.2. The molecule has 0 heterocycles. The van der Waals surface area contributed by atoms with Gasteiger partial charge in [-0.1, -0.05) is 158 Å². The molecule has 0 bridgehead atoms. The second kappa shape index (κ2) is 14.8. The minimum atomic E-state index is 0.968. The van der Waals surface area contributed by atoms with E-state index in [4.69, 9.17) is 0 Å². The van der Waals surface area contributed by atoms with E-state index in [0.717, 1.165) is 17.8 Å². The van der Waals surface area contributed by atoms with E-state index in [-0.39, 0.29) is 0 Å². The Morgan fingerprint density at radius 1 is 0.477 bits per heavy atom. The molecule has 5 rings (SSSR count). The largest absolute Gasteiger partial charge is 0.310 e. The number of hydrogen-bond acceptors (Lipinski definition) is 1. The zero-order chi connectivity index (χ0) is 30.7. The Morgan fingerprint density at radius 2 is 0.909 bits per heavy atom. The fourth-order valence-corrected chi connectivity index (χ4v) is 5.42. The molecule has 44 heavy (non-hydrogen) atoms. The molecule has 0 aliphatic heterocycles. The second-order valence-corrected chi connectivity index (χ2v) is 11.2. The van der Waals surface area contributed by atoms with Crippen LogP contribution in [0.4, 0.5) is 17.1 Å². The fourth-order valence-electron chi connectivity index (χ4n) is 5.42. The van der Waals surface area contributed by atoms with Gasteiger partial charge in [-0.15, -0.1) is 0 Å². The van der Waals surface area contributed by atoms with Gasteiger partial charge in [0.05, 0.1) is 5.69 Å². The number of rotatable bonds is 10. The van der Waals surface area contributed by atoms with Crippen molar-refractivity contribution in [3.05, 3.63) is 184 Å². The van der Waals surface area contributed by atoms with Crippen molar-refractivity contribution in [3.8, 4) is 0 Å². The number of hydrogen-bond donors (Lipinski definition) is 0. The Kier molecular flexibility index (Phi) is 10.2. The van der Waals surface area contributed by atoms with Crippen LogP contribution in [0.1, 0.15) is 51.4 Å². The molecule has 0 saturated carbocycles. The van der Waals surface area contributed by atoms with Crippen LogP contribution in [0.2, 0.25) is 0 Å². The van der Waals surface area contributed by atoms with E-state index in [2.05, 4.69) is 196 Å². The highest BCUT2D eigenvalue weighted by Crippen LogP contribution is 2.39. The van der Waals surface area contributed by atoms with Gasteiger partial charge in [0.1, 0.15) is 0 Å². The van der Waals surface area contributed by atoms with Crippen LogP contribution in [0.25, 0.3) is 24.3 Å². The Balaban J connectivity index is 1.38. The lowest BCUT2D eigenvalue weighted by molar-refractivity contribution is 1.10. The molecule has 0 aliphatic carbocycles. The average molecular weight is 572 g/mol. The number of aryl methyl sites for hydroxylation is 4. The molecule has 1 heteroatoms. The molecule has 0 fully saturated rings. The van der Waals surface area contributed by atoms with Gasteiger partial charge in [0.2, 0.25) is 0 Å². The summed E-state index contributed by atoms with van der Waals surface area (Å²) in [7, 11) is 0. The molecule has 0 aliphatic rings. The highest BCUT2D eigenvalue weighted by molar-refractivity contribution is 5.81. The monoisotopic (exact) mass is 571 g/mol. The summed E-state index contributed by atoms with van der Waals surface area (Å²) < 4.78 is 0. The third kappa shape index (κ3) is 8.02. The first-order valence-corrected chi connectivity index (χ1v) is 15.4. The van der Waals surface area contributed by atoms with Crippen LogP contribution in [0.3, 0.4) is 0 Å². The maximum absolute atomic E-state index is 2.39. The van der Waals surface area contributed by atoms with Crippen molar-refractivity contribution < 1.29 is 0 Å². The summed E-state index contributed by atoms with van der Waals surface area (Å²) in [6.45, 7) is 8.68. The first-order chi connectivity index (χ1) is 21.5. The summed E-state index contributed by atoms with van der Waals surface area (Å²) in [4.78, 5) is 2.39. The van der Waals surface area contributed by atoms with Gasteiger partial charge in [0.25, 0.3) is 0 Å². The summed E-state index contributed by atoms with van der Waals surface area (Å²) >= 11 is 0. The van der Waals surface area contributed by atoms with Crippen LogP contribution in [-0.4, -0.2) is 0 Å². The minimum Gasteiger partial charge on any atom is -0.310 e. The molecular weight excluding hydrogens is 530 g/mol. The average Bonchev–Trinajstić information content (AvgIpc) is 3.04. The summed E-state index contributed by atoms with van der Waals surface area (Å²) in [6.07, 6.45) is 18.0. The highest BCUT2D eigenvalue weighted by Gasteiger charge is 2.17. The fraction of sp³-hybridized carbons (Fsp3) is 0.116. The third-order valence-electron chi connectivity index (χ3n) is 7.69. The van der Waals surface area contributed by atoms with Crippen LogP contribution in [0.15, 0.2) is 140 Å². The lowest BCUT2D eigenvalue weighted by Crippen LogP contribution is -2.13. The third-order valence-corrected chi connectivity index (χ3v) is 7.69. The molecule has 0 radical (unpaired) electrons. The van der Waals surface area contributed by atoms with E-state index in [1.54, 1.807) is 0 Å². The van der Waals surface area contributed by atoms with E-state index in [9.17, 15) is 0 Å². The SMILES string of the molecule is CCc1cccc(C)c1N(c1ccc(/C=C/C=C/c2cccc(C)c2)cc1)c1ccc(/C=C/C=C/c2cccc(C)c2)cc1. The van der Waals surface area contributed by atoms with Crippen molar-refractivity contribution >= 4 is 41.4 Å². The Labute approximate surface area is 263 Å². The zero-order valence-corrected chi connectivity index (χ0v) is 26.2. The molecule has 0 amide bonds. The van der Waals surface area contributed by atoms with Gasteiger partial charge in [-0.3, -0.25) is 0 Å². The Morgan fingerprint density at radius 3 is 1.34 bits per heavy atom. The van der Waals surface area contributed by atoms with Crippen molar-refractivity contribution in [1.82, 2.24) is 0 Å². The van der Waals surface area contributed by atoms with Crippen molar-refractivity contribution in [2.45, 2.75) is 34.1 Å². The first kappa shape index (κ1) is 30.3. The number of anilines is 3. The molecule has 0 unspecified atom stereocenters. The lowest BCUT2D eigenvalue weighted by atomic mass is 10.0. The van der Waals surface area contributed by atoms with Crippen LogP contribution in [0.5, 0.6) is 0 Å². The van der Waals surface area contributed by atoms with Crippen LogP contribution in [0, 0.1) is 20.8 Å². The lowest BCUT2D eigenvalue weighted by Gasteiger charge is -2.29. The smallest absolute Gasteiger partial charge is 0.0522 e. The molecule has 218 valence electrons. The van der Waals surface area contributed by atoms with Crippen LogP contribution >= 0.6 is 0 Å². The van der Waals surface area contributed by atoms with Gasteiger partial charge < -0.3 is 4.90 Å². The number of allylic oxidation sites excluding steroid dienone is 4. The zero-order valence-electron chi connectivity index (χ0n) is 26.2. The number of benzene rings is 5. The summed E-state index contributed by atoms with van der Waals surface area (Å²) in [5.41, 5.74) is 13.4. The van der Waals surface area contributed by atoms with E-state index < -0.39 is 0 Å². The Bertz CT molecular complexity index is 1690. The van der Waals surface area contributed by atoms with Crippen molar-refractivity contribution in [3.63, 3.8) is 0 Å². The normalized spacial score (nSPS) is 11.8. The molecule has 5 aromatic rings. The predicted molar refractivity (Wildman–Crippen MR) is 194 cm³/mol. The summed E-state index contributed by atoms with van der Waals surface area (Å²) in [5, 5.41) is 0. The van der Waals surface area contributed by atoms with Crippen molar-refractivity contribution in [1.29, 1.82) is 0 Å².